The first-order chi connectivity index (χ1) is 8.75. The Kier molecular flexibility index (Phi) is 5.52. The zero-order valence-electron chi connectivity index (χ0n) is 10.9. The largest absolute Gasteiger partial charge is 0.393 e. The van der Waals surface area contributed by atoms with Gasteiger partial charge in [0.15, 0.2) is 0 Å². The Labute approximate surface area is 115 Å². The molecule has 0 amide bonds. The lowest BCUT2D eigenvalue weighted by molar-refractivity contribution is 0.149. The number of aliphatic hydroxyl groups excluding tert-OH is 1. The summed E-state index contributed by atoms with van der Waals surface area (Å²) in [5.74, 6) is 0.847. The van der Waals surface area contributed by atoms with Crippen LogP contribution < -0.4 is 0 Å². The highest BCUT2D eigenvalue weighted by molar-refractivity contribution is 6.31. The van der Waals surface area contributed by atoms with E-state index in [0.29, 0.717) is 6.42 Å². The minimum atomic E-state index is -0.244. The number of aliphatic hydroxyl groups is 1. The second kappa shape index (κ2) is 7.16. The lowest BCUT2D eigenvalue weighted by atomic mass is 9.85. The third kappa shape index (κ3) is 4.29. The topological polar surface area (TPSA) is 20.2 Å². The van der Waals surface area contributed by atoms with Gasteiger partial charge in [-0.25, -0.2) is 0 Å². The summed E-state index contributed by atoms with van der Waals surface area (Å²) >= 11 is 6.11. The summed E-state index contributed by atoms with van der Waals surface area (Å²) in [4.78, 5) is 0. The number of hydrogen-bond donors (Lipinski definition) is 1. The number of benzene rings is 1. The van der Waals surface area contributed by atoms with Crippen LogP contribution in [-0.2, 0) is 6.42 Å². The third-order valence-electron chi connectivity index (χ3n) is 4.05. The Morgan fingerprint density at radius 3 is 2.61 bits per heavy atom. The highest BCUT2D eigenvalue weighted by Gasteiger charge is 2.15. The Hall–Kier alpha value is -0.530. The van der Waals surface area contributed by atoms with Crippen molar-refractivity contribution in [1.82, 2.24) is 0 Å². The van der Waals surface area contributed by atoms with Gasteiger partial charge in [0, 0.05) is 5.02 Å². The zero-order chi connectivity index (χ0) is 12.8. The molecule has 0 bridgehead atoms. The normalized spacial score (nSPS) is 18.8. The maximum absolute atomic E-state index is 10.1. The van der Waals surface area contributed by atoms with Crippen molar-refractivity contribution in [2.45, 2.75) is 57.5 Å². The van der Waals surface area contributed by atoms with Crippen molar-refractivity contribution in [2.75, 3.05) is 0 Å². The fraction of sp³-hybridized carbons (Fsp3) is 0.625. The Bertz CT molecular complexity index is 358. The summed E-state index contributed by atoms with van der Waals surface area (Å²) < 4.78 is 0. The van der Waals surface area contributed by atoms with Gasteiger partial charge in [-0.2, -0.15) is 0 Å². The monoisotopic (exact) mass is 266 g/mol. The molecular formula is C16H23ClO. The van der Waals surface area contributed by atoms with Crippen molar-refractivity contribution in [3.63, 3.8) is 0 Å². The van der Waals surface area contributed by atoms with E-state index in [1.165, 1.54) is 38.5 Å². The molecule has 1 unspecified atom stereocenters. The molecule has 1 aliphatic rings. The van der Waals surface area contributed by atoms with E-state index in [4.69, 9.17) is 11.6 Å². The molecular weight excluding hydrogens is 244 g/mol. The quantitative estimate of drug-likeness (QED) is 0.826. The zero-order valence-corrected chi connectivity index (χ0v) is 11.7. The minimum Gasteiger partial charge on any atom is -0.393 e. The minimum absolute atomic E-state index is 0.244. The van der Waals surface area contributed by atoms with Gasteiger partial charge in [0.2, 0.25) is 0 Å². The van der Waals surface area contributed by atoms with Crippen molar-refractivity contribution in [2.24, 2.45) is 5.92 Å². The van der Waals surface area contributed by atoms with Crippen LogP contribution in [-0.4, -0.2) is 11.2 Å². The van der Waals surface area contributed by atoms with Crippen LogP contribution in [0, 0.1) is 5.92 Å². The molecule has 1 fully saturated rings. The summed E-state index contributed by atoms with van der Waals surface area (Å²) in [6.07, 6.45) is 9.41. The molecule has 0 radical (unpaired) electrons. The van der Waals surface area contributed by atoms with Crippen LogP contribution in [0.25, 0.3) is 0 Å². The van der Waals surface area contributed by atoms with Crippen molar-refractivity contribution in [1.29, 1.82) is 0 Å². The van der Waals surface area contributed by atoms with Crippen molar-refractivity contribution in [3.05, 3.63) is 34.9 Å². The molecule has 0 heterocycles. The summed E-state index contributed by atoms with van der Waals surface area (Å²) in [6, 6.07) is 7.81. The molecule has 2 heteroatoms. The molecule has 100 valence electrons. The highest BCUT2D eigenvalue weighted by Crippen LogP contribution is 2.28. The molecule has 0 saturated heterocycles. The third-order valence-corrected chi connectivity index (χ3v) is 4.41. The van der Waals surface area contributed by atoms with Crippen LogP contribution in [0.5, 0.6) is 0 Å². The predicted molar refractivity (Wildman–Crippen MR) is 77.0 cm³/mol. The SMILES string of the molecule is OC(CCC1CCCCC1)Cc1ccccc1Cl. The lowest BCUT2D eigenvalue weighted by Gasteiger charge is -2.22. The van der Waals surface area contributed by atoms with Gasteiger partial charge >= 0.3 is 0 Å². The van der Waals surface area contributed by atoms with Crippen LogP contribution in [0.15, 0.2) is 24.3 Å². The van der Waals surface area contributed by atoms with Gasteiger partial charge in [0.05, 0.1) is 6.10 Å². The molecule has 0 spiro atoms. The Morgan fingerprint density at radius 1 is 1.17 bits per heavy atom. The van der Waals surface area contributed by atoms with Gasteiger partial charge < -0.3 is 5.11 Å². The first-order valence-electron chi connectivity index (χ1n) is 7.17. The summed E-state index contributed by atoms with van der Waals surface area (Å²) in [5, 5.41) is 10.9. The summed E-state index contributed by atoms with van der Waals surface area (Å²) in [7, 11) is 0. The number of hydrogen-bond acceptors (Lipinski definition) is 1. The molecule has 0 aromatic heterocycles. The van der Waals surface area contributed by atoms with E-state index < -0.39 is 0 Å². The molecule has 1 N–H and O–H groups in total. The molecule has 1 nitrogen and oxygen atoms in total. The van der Waals surface area contributed by atoms with E-state index in [-0.39, 0.29) is 6.10 Å². The van der Waals surface area contributed by atoms with Crippen molar-refractivity contribution in [3.8, 4) is 0 Å². The van der Waals surface area contributed by atoms with E-state index in [0.717, 1.165) is 22.9 Å². The molecule has 1 atom stereocenters. The van der Waals surface area contributed by atoms with E-state index >= 15 is 0 Å². The van der Waals surface area contributed by atoms with Gasteiger partial charge in [0.25, 0.3) is 0 Å². The van der Waals surface area contributed by atoms with Gasteiger partial charge in [0.1, 0.15) is 0 Å². The van der Waals surface area contributed by atoms with Crippen LogP contribution in [0.1, 0.15) is 50.5 Å². The highest BCUT2D eigenvalue weighted by atomic mass is 35.5. The second-order valence-corrected chi connectivity index (χ2v) is 5.94. The van der Waals surface area contributed by atoms with Gasteiger partial charge in [-0.3, -0.25) is 0 Å². The first kappa shape index (κ1) is 13.9. The van der Waals surface area contributed by atoms with Gasteiger partial charge in [-0.1, -0.05) is 61.9 Å². The van der Waals surface area contributed by atoms with E-state index in [2.05, 4.69) is 0 Å². The fourth-order valence-corrected chi connectivity index (χ4v) is 3.14. The predicted octanol–water partition coefficient (Wildman–Crippen LogP) is 4.60. The molecule has 2 rings (SSSR count). The fourth-order valence-electron chi connectivity index (χ4n) is 2.92. The lowest BCUT2D eigenvalue weighted by Crippen LogP contribution is -2.14. The molecule has 1 aromatic rings. The van der Waals surface area contributed by atoms with Crippen molar-refractivity contribution >= 4 is 11.6 Å². The second-order valence-electron chi connectivity index (χ2n) is 5.53. The average Bonchev–Trinajstić information content (AvgIpc) is 2.40. The van der Waals surface area contributed by atoms with Crippen LogP contribution in [0.2, 0.25) is 5.02 Å². The van der Waals surface area contributed by atoms with Gasteiger partial charge in [-0.05, 0) is 36.8 Å². The molecule has 0 aliphatic heterocycles. The first-order valence-corrected chi connectivity index (χ1v) is 7.55. The maximum atomic E-state index is 10.1. The Morgan fingerprint density at radius 2 is 1.89 bits per heavy atom. The molecule has 1 aromatic carbocycles. The Balaban J connectivity index is 1.74. The van der Waals surface area contributed by atoms with E-state index in [1.54, 1.807) is 0 Å². The maximum Gasteiger partial charge on any atom is 0.0581 e. The standard InChI is InChI=1S/C16H23ClO/c17-16-9-5-4-8-14(16)12-15(18)11-10-13-6-2-1-3-7-13/h4-5,8-9,13,15,18H,1-3,6-7,10-12H2. The summed E-state index contributed by atoms with van der Waals surface area (Å²) in [6.45, 7) is 0. The number of rotatable bonds is 5. The van der Waals surface area contributed by atoms with Crippen LogP contribution >= 0.6 is 11.6 Å². The van der Waals surface area contributed by atoms with Crippen molar-refractivity contribution < 1.29 is 5.11 Å². The average molecular weight is 267 g/mol. The van der Waals surface area contributed by atoms with E-state index in [1.807, 2.05) is 24.3 Å². The van der Waals surface area contributed by atoms with E-state index in [9.17, 15) is 5.11 Å². The molecule has 1 aliphatic carbocycles. The smallest absolute Gasteiger partial charge is 0.0581 e. The van der Waals surface area contributed by atoms with Crippen LogP contribution in [0.4, 0.5) is 0 Å². The summed E-state index contributed by atoms with van der Waals surface area (Å²) in [5.41, 5.74) is 1.07. The molecule has 1 saturated carbocycles. The van der Waals surface area contributed by atoms with Crippen LogP contribution in [0.3, 0.4) is 0 Å². The van der Waals surface area contributed by atoms with Gasteiger partial charge in [-0.15, -0.1) is 0 Å². The molecule has 18 heavy (non-hydrogen) atoms. The number of halogens is 1.